The maximum Gasteiger partial charge on any atom is 0.0551 e. The molecule has 0 spiro atoms. The largest absolute Gasteiger partial charge is 0.320 e. The summed E-state index contributed by atoms with van der Waals surface area (Å²) in [5, 5.41) is 0. The molecule has 0 saturated heterocycles. The van der Waals surface area contributed by atoms with E-state index in [9.17, 15) is 0 Å². The van der Waals surface area contributed by atoms with Crippen LogP contribution in [-0.4, -0.2) is 0 Å². The molecule has 82 valence electrons. The molecule has 0 aromatic heterocycles. The Morgan fingerprint density at radius 2 is 1.81 bits per heavy atom. The number of hydrogen-bond donors (Lipinski definition) is 1. The Balaban J connectivity index is 2.96. The quantitative estimate of drug-likeness (QED) is 0.741. The summed E-state index contributed by atoms with van der Waals surface area (Å²) >= 11 is 0. The van der Waals surface area contributed by atoms with Gasteiger partial charge in [-0.1, -0.05) is 73.9 Å². The highest BCUT2D eigenvalue weighted by atomic mass is 14.6. The van der Waals surface area contributed by atoms with Gasteiger partial charge in [0.2, 0.25) is 0 Å². The van der Waals surface area contributed by atoms with Crippen LogP contribution in [-0.2, 0) is 0 Å². The molecule has 1 unspecified atom stereocenters. The zero-order valence-corrected chi connectivity index (χ0v) is 9.34. The molecule has 16 heavy (non-hydrogen) atoms. The molecule has 0 bridgehead atoms. The van der Waals surface area contributed by atoms with Gasteiger partial charge in [-0.25, -0.2) is 0 Å². The normalized spacial score (nSPS) is 13.7. The zero-order chi connectivity index (χ0) is 11.8. The minimum absolute atomic E-state index is 0.129. The van der Waals surface area contributed by atoms with Gasteiger partial charge in [0.15, 0.2) is 0 Å². The van der Waals surface area contributed by atoms with Crippen molar-refractivity contribution in [3.8, 4) is 0 Å². The van der Waals surface area contributed by atoms with Crippen molar-refractivity contribution >= 4 is 0 Å². The Morgan fingerprint density at radius 1 is 1.12 bits per heavy atom. The molecule has 0 fully saturated rings. The van der Waals surface area contributed by atoms with E-state index in [-0.39, 0.29) is 6.04 Å². The molecule has 1 nitrogen and oxygen atoms in total. The van der Waals surface area contributed by atoms with Crippen LogP contribution in [0.25, 0.3) is 0 Å². The smallest absolute Gasteiger partial charge is 0.0551 e. The van der Waals surface area contributed by atoms with Gasteiger partial charge in [0, 0.05) is 0 Å². The highest BCUT2D eigenvalue weighted by Gasteiger charge is 2.07. The SMILES string of the molecule is C=C/C=C\C(=C/C=C)C(N)c1ccccc1. The number of rotatable bonds is 5. The first-order valence-corrected chi connectivity index (χ1v) is 5.22. The van der Waals surface area contributed by atoms with Crippen molar-refractivity contribution in [1.29, 1.82) is 0 Å². The second-order valence-corrected chi connectivity index (χ2v) is 3.39. The minimum atomic E-state index is -0.129. The third-order valence-electron chi connectivity index (χ3n) is 2.25. The predicted octanol–water partition coefficient (Wildman–Crippen LogP) is 3.54. The fraction of sp³-hybridized carbons (Fsp3) is 0.0667. The molecule has 0 saturated carbocycles. The summed E-state index contributed by atoms with van der Waals surface area (Å²) in [6.45, 7) is 7.34. The van der Waals surface area contributed by atoms with E-state index in [2.05, 4.69) is 13.2 Å². The summed E-state index contributed by atoms with van der Waals surface area (Å²) < 4.78 is 0. The van der Waals surface area contributed by atoms with Crippen LogP contribution < -0.4 is 5.73 Å². The van der Waals surface area contributed by atoms with Gasteiger partial charge in [-0.3, -0.25) is 0 Å². The molecule has 0 aliphatic carbocycles. The molecule has 0 aliphatic heterocycles. The van der Waals surface area contributed by atoms with Crippen molar-refractivity contribution in [2.45, 2.75) is 6.04 Å². The van der Waals surface area contributed by atoms with Crippen molar-refractivity contribution in [3.63, 3.8) is 0 Å². The van der Waals surface area contributed by atoms with E-state index < -0.39 is 0 Å². The highest BCUT2D eigenvalue weighted by molar-refractivity contribution is 5.36. The van der Waals surface area contributed by atoms with Crippen molar-refractivity contribution in [2.24, 2.45) is 5.73 Å². The van der Waals surface area contributed by atoms with Crippen molar-refractivity contribution in [1.82, 2.24) is 0 Å². The summed E-state index contributed by atoms with van der Waals surface area (Å²) in [7, 11) is 0. The van der Waals surface area contributed by atoms with Crippen LogP contribution in [0.15, 0.2) is 79.4 Å². The molecule has 0 aliphatic rings. The summed E-state index contributed by atoms with van der Waals surface area (Å²) in [5.74, 6) is 0. The third kappa shape index (κ3) is 3.37. The number of benzene rings is 1. The first-order valence-electron chi connectivity index (χ1n) is 5.22. The average Bonchev–Trinajstić information content (AvgIpc) is 2.35. The van der Waals surface area contributed by atoms with Gasteiger partial charge in [-0.05, 0) is 11.1 Å². The molecule has 0 heterocycles. The van der Waals surface area contributed by atoms with E-state index >= 15 is 0 Å². The highest BCUT2D eigenvalue weighted by Crippen LogP contribution is 2.19. The first kappa shape index (κ1) is 12.2. The van der Waals surface area contributed by atoms with Gasteiger partial charge in [0.25, 0.3) is 0 Å². The predicted molar refractivity (Wildman–Crippen MR) is 71.0 cm³/mol. The van der Waals surface area contributed by atoms with Gasteiger partial charge < -0.3 is 5.73 Å². The van der Waals surface area contributed by atoms with Gasteiger partial charge in [-0.15, -0.1) is 0 Å². The standard InChI is InChI=1S/C15H17N/c1-3-5-10-13(9-4-2)15(16)14-11-7-6-8-12-14/h3-12,15H,1-2,16H2/b10-5-,13-9+. The van der Waals surface area contributed by atoms with Crippen LogP contribution in [0.5, 0.6) is 0 Å². The molecule has 1 rings (SSSR count). The van der Waals surface area contributed by atoms with Gasteiger partial charge in [-0.2, -0.15) is 0 Å². The number of allylic oxidation sites excluding steroid dienone is 4. The fourth-order valence-electron chi connectivity index (χ4n) is 1.43. The topological polar surface area (TPSA) is 26.0 Å². The Hall–Kier alpha value is -1.86. The van der Waals surface area contributed by atoms with Crippen LogP contribution in [0.1, 0.15) is 11.6 Å². The molecule has 1 atom stereocenters. The van der Waals surface area contributed by atoms with Crippen LogP contribution in [0.2, 0.25) is 0 Å². The van der Waals surface area contributed by atoms with E-state index in [0.29, 0.717) is 0 Å². The lowest BCUT2D eigenvalue weighted by Gasteiger charge is -2.12. The molecule has 2 N–H and O–H groups in total. The molecule has 0 amide bonds. The second-order valence-electron chi connectivity index (χ2n) is 3.39. The lowest BCUT2D eigenvalue weighted by atomic mass is 9.99. The van der Waals surface area contributed by atoms with E-state index in [0.717, 1.165) is 11.1 Å². The van der Waals surface area contributed by atoms with Crippen molar-refractivity contribution < 1.29 is 0 Å². The summed E-state index contributed by atoms with van der Waals surface area (Å²) in [6.07, 6.45) is 9.21. The molecular weight excluding hydrogens is 194 g/mol. The van der Waals surface area contributed by atoms with Crippen LogP contribution in [0.4, 0.5) is 0 Å². The Labute approximate surface area is 97.3 Å². The average molecular weight is 211 g/mol. The van der Waals surface area contributed by atoms with Gasteiger partial charge in [0.05, 0.1) is 6.04 Å². The maximum absolute atomic E-state index is 6.16. The molecule has 1 heteroatoms. The van der Waals surface area contributed by atoms with Crippen molar-refractivity contribution in [3.05, 3.63) is 85.0 Å². The summed E-state index contributed by atoms with van der Waals surface area (Å²) in [6, 6.07) is 9.85. The first-order chi connectivity index (χ1) is 7.79. The number of nitrogens with two attached hydrogens (primary N) is 1. The van der Waals surface area contributed by atoms with Crippen LogP contribution in [0, 0.1) is 0 Å². The Morgan fingerprint density at radius 3 is 2.38 bits per heavy atom. The van der Waals surface area contributed by atoms with E-state index in [1.165, 1.54) is 0 Å². The van der Waals surface area contributed by atoms with Crippen molar-refractivity contribution in [2.75, 3.05) is 0 Å². The fourth-order valence-corrected chi connectivity index (χ4v) is 1.43. The monoisotopic (exact) mass is 211 g/mol. The summed E-state index contributed by atoms with van der Waals surface area (Å²) in [5.41, 5.74) is 8.27. The number of hydrogen-bond acceptors (Lipinski definition) is 1. The lowest BCUT2D eigenvalue weighted by Crippen LogP contribution is -2.11. The minimum Gasteiger partial charge on any atom is -0.320 e. The molecule has 1 aromatic carbocycles. The molecular formula is C15H17N. The summed E-state index contributed by atoms with van der Waals surface area (Å²) in [4.78, 5) is 0. The zero-order valence-electron chi connectivity index (χ0n) is 9.34. The lowest BCUT2D eigenvalue weighted by molar-refractivity contribution is 0.870. The Bertz CT molecular complexity index is 399. The molecule has 1 aromatic rings. The second kappa shape index (κ2) is 6.59. The Kier molecular flexibility index (Phi) is 5.03. The maximum atomic E-state index is 6.16. The van der Waals surface area contributed by atoms with Gasteiger partial charge in [0.1, 0.15) is 0 Å². The third-order valence-corrected chi connectivity index (χ3v) is 2.25. The van der Waals surface area contributed by atoms with Gasteiger partial charge >= 0.3 is 0 Å². The van der Waals surface area contributed by atoms with E-state index in [1.54, 1.807) is 12.2 Å². The molecule has 0 radical (unpaired) electrons. The van der Waals surface area contributed by atoms with E-state index in [4.69, 9.17) is 5.73 Å². The van der Waals surface area contributed by atoms with E-state index in [1.807, 2.05) is 48.6 Å². The van der Waals surface area contributed by atoms with Crippen LogP contribution in [0.3, 0.4) is 0 Å². The van der Waals surface area contributed by atoms with Crippen LogP contribution >= 0.6 is 0 Å².